The van der Waals surface area contributed by atoms with Crippen LogP contribution in [0.1, 0.15) is 29.8 Å². The van der Waals surface area contributed by atoms with Gasteiger partial charge in [-0.1, -0.05) is 23.7 Å². The van der Waals surface area contributed by atoms with E-state index in [1.165, 1.54) is 13.8 Å². The van der Waals surface area contributed by atoms with Gasteiger partial charge in [0.25, 0.3) is 5.91 Å². The van der Waals surface area contributed by atoms with Crippen molar-refractivity contribution in [3.63, 3.8) is 0 Å². The number of Topliss-reactive ketones (excluding diaryl/α,β-unsaturated/α-hetero) is 1. The highest BCUT2D eigenvalue weighted by atomic mass is 35.5. The van der Waals surface area contributed by atoms with Crippen molar-refractivity contribution in [3.05, 3.63) is 64.2 Å². The lowest BCUT2D eigenvalue weighted by Gasteiger charge is -2.19. The molecule has 0 saturated carbocycles. The fourth-order valence-electron chi connectivity index (χ4n) is 2.69. The van der Waals surface area contributed by atoms with E-state index < -0.39 is 18.0 Å². The summed E-state index contributed by atoms with van der Waals surface area (Å²) >= 11 is 5.96. The van der Waals surface area contributed by atoms with E-state index in [0.29, 0.717) is 27.6 Å². The van der Waals surface area contributed by atoms with Crippen molar-refractivity contribution in [2.75, 3.05) is 11.9 Å². The molecule has 1 heterocycles. The van der Waals surface area contributed by atoms with Crippen LogP contribution in [0.5, 0.6) is 5.75 Å². The highest BCUT2D eigenvalue weighted by Crippen LogP contribution is 2.29. The molecule has 6 nitrogen and oxygen atoms in total. The van der Waals surface area contributed by atoms with Gasteiger partial charge in [0.1, 0.15) is 12.4 Å². The Hall–Kier alpha value is -3.12. The molecule has 0 bridgehead atoms. The third-order valence-electron chi connectivity index (χ3n) is 4.16. The standard InChI is InChI=1S/C21H18ClNO5/c1-12(24)17-5-3-4-6-18(17)23-20(25)13(2)28-21(26)15-9-14-10-16(22)7-8-19(14)27-11-15/h3-10,13H,11H2,1-2H3,(H,23,25). The third-order valence-corrected chi connectivity index (χ3v) is 4.40. The highest BCUT2D eigenvalue weighted by Gasteiger charge is 2.24. The summed E-state index contributed by atoms with van der Waals surface area (Å²) in [4.78, 5) is 36.4. The quantitative estimate of drug-likeness (QED) is 0.609. The molecular weight excluding hydrogens is 382 g/mol. The Labute approximate surface area is 167 Å². The number of carbonyl (C=O) groups excluding carboxylic acids is 3. The predicted octanol–water partition coefficient (Wildman–Crippen LogP) is 3.89. The smallest absolute Gasteiger partial charge is 0.338 e. The van der Waals surface area contributed by atoms with E-state index >= 15 is 0 Å². The maximum absolute atomic E-state index is 12.4. The number of hydrogen-bond donors (Lipinski definition) is 1. The van der Waals surface area contributed by atoms with Crippen LogP contribution in [-0.4, -0.2) is 30.4 Å². The van der Waals surface area contributed by atoms with Crippen molar-refractivity contribution in [1.82, 2.24) is 0 Å². The predicted molar refractivity (Wildman–Crippen MR) is 106 cm³/mol. The first kappa shape index (κ1) is 19.6. The Morgan fingerprint density at radius 1 is 1.18 bits per heavy atom. The average molecular weight is 400 g/mol. The molecule has 1 aliphatic rings. The number of benzene rings is 2. The number of rotatable bonds is 5. The van der Waals surface area contributed by atoms with Gasteiger partial charge in [-0.25, -0.2) is 4.79 Å². The minimum absolute atomic E-state index is 0.0367. The van der Waals surface area contributed by atoms with Crippen molar-refractivity contribution >= 4 is 41.0 Å². The molecule has 0 fully saturated rings. The van der Waals surface area contributed by atoms with Crippen LogP contribution < -0.4 is 10.1 Å². The largest absolute Gasteiger partial charge is 0.488 e. The molecule has 0 radical (unpaired) electrons. The van der Waals surface area contributed by atoms with Crippen LogP contribution in [0.25, 0.3) is 6.08 Å². The van der Waals surface area contributed by atoms with Crippen LogP contribution in [-0.2, 0) is 14.3 Å². The molecule has 2 aromatic rings. The normalized spacial score (nSPS) is 13.5. The molecule has 1 unspecified atom stereocenters. The number of ether oxygens (including phenoxy) is 2. The SMILES string of the molecule is CC(=O)c1ccccc1NC(=O)C(C)OC(=O)C1=Cc2cc(Cl)ccc2OC1. The van der Waals surface area contributed by atoms with Crippen molar-refractivity contribution < 1.29 is 23.9 Å². The Morgan fingerprint density at radius 3 is 2.68 bits per heavy atom. The van der Waals surface area contributed by atoms with Gasteiger partial charge in [-0.2, -0.15) is 0 Å². The van der Waals surface area contributed by atoms with Gasteiger partial charge in [-0.15, -0.1) is 0 Å². The fourth-order valence-corrected chi connectivity index (χ4v) is 2.87. The van der Waals surface area contributed by atoms with E-state index in [1.807, 2.05) is 0 Å². The van der Waals surface area contributed by atoms with Gasteiger partial charge < -0.3 is 14.8 Å². The van der Waals surface area contributed by atoms with Crippen LogP contribution in [0.2, 0.25) is 5.02 Å². The van der Waals surface area contributed by atoms with Gasteiger partial charge in [0, 0.05) is 16.1 Å². The minimum atomic E-state index is -1.06. The first-order valence-electron chi connectivity index (χ1n) is 8.60. The Morgan fingerprint density at radius 2 is 1.93 bits per heavy atom. The van der Waals surface area contributed by atoms with Crippen LogP contribution in [0, 0.1) is 0 Å². The Balaban J connectivity index is 1.68. The molecule has 3 rings (SSSR count). The maximum Gasteiger partial charge on any atom is 0.338 e. The molecule has 7 heteroatoms. The van der Waals surface area contributed by atoms with Crippen molar-refractivity contribution in [2.24, 2.45) is 0 Å². The first-order valence-corrected chi connectivity index (χ1v) is 8.97. The first-order chi connectivity index (χ1) is 13.3. The Kier molecular flexibility index (Phi) is 5.80. The van der Waals surface area contributed by atoms with Crippen LogP contribution >= 0.6 is 11.6 Å². The summed E-state index contributed by atoms with van der Waals surface area (Å²) < 4.78 is 10.8. The van der Waals surface area contributed by atoms with Crippen LogP contribution in [0.3, 0.4) is 0 Å². The lowest BCUT2D eigenvalue weighted by atomic mass is 10.1. The van der Waals surface area contributed by atoms with E-state index in [0.717, 1.165) is 0 Å². The van der Waals surface area contributed by atoms with Gasteiger partial charge in [0.15, 0.2) is 11.9 Å². The van der Waals surface area contributed by atoms with Gasteiger partial charge in [0.2, 0.25) is 0 Å². The zero-order valence-electron chi connectivity index (χ0n) is 15.3. The van der Waals surface area contributed by atoms with E-state index in [9.17, 15) is 14.4 Å². The summed E-state index contributed by atoms with van der Waals surface area (Å²) in [5, 5.41) is 3.14. The number of amides is 1. The van der Waals surface area contributed by atoms with Crippen LogP contribution in [0.15, 0.2) is 48.0 Å². The summed E-state index contributed by atoms with van der Waals surface area (Å²) in [6.07, 6.45) is 0.567. The molecule has 1 atom stereocenters. The number of anilines is 1. The maximum atomic E-state index is 12.4. The molecule has 0 aliphatic carbocycles. The monoisotopic (exact) mass is 399 g/mol. The average Bonchev–Trinajstić information content (AvgIpc) is 2.67. The summed E-state index contributed by atoms with van der Waals surface area (Å²) in [5.41, 5.74) is 1.69. The number of fused-ring (bicyclic) bond motifs is 1. The zero-order valence-corrected chi connectivity index (χ0v) is 16.1. The number of halogens is 1. The second kappa shape index (κ2) is 8.27. The number of carbonyl (C=O) groups is 3. The molecule has 1 amide bonds. The van der Waals surface area contributed by atoms with E-state index in [2.05, 4.69) is 5.32 Å². The topological polar surface area (TPSA) is 81.7 Å². The minimum Gasteiger partial charge on any atom is -0.488 e. The molecule has 28 heavy (non-hydrogen) atoms. The third kappa shape index (κ3) is 4.40. The second-order valence-corrected chi connectivity index (χ2v) is 6.72. The molecule has 144 valence electrons. The number of para-hydroxylation sites is 1. The molecular formula is C21H18ClNO5. The van der Waals surface area contributed by atoms with Crippen LogP contribution in [0.4, 0.5) is 5.69 Å². The Bertz CT molecular complexity index is 983. The molecule has 0 aromatic heterocycles. The second-order valence-electron chi connectivity index (χ2n) is 6.28. The summed E-state index contributed by atoms with van der Waals surface area (Å²) in [6, 6.07) is 11.7. The number of ketones is 1. The molecule has 2 aromatic carbocycles. The summed E-state index contributed by atoms with van der Waals surface area (Å²) in [7, 11) is 0. The van der Waals surface area contributed by atoms with Crippen molar-refractivity contribution in [2.45, 2.75) is 20.0 Å². The molecule has 0 saturated heterocycles. The lowest BCUT2D eigenvalue weighted by molar-refractivity contribution is -0.149. The van der Waals surface area contributed by atoms with Gasteiger partial charge in [0.05, 0.1) is 11.3 Å². The molecule has 1 N–H and O–H groups in total. The lowest BCUT2D eigenvalue weighted by Crippen LogP contribution is -2.31. The van der Waals surface area contributed by atoms with E-state index in [4.69, 9.17) is 21.1 Å². The van der Waals surface area contributed by atoms with Gasteiger partial charge in [-0.05, 0) is 50.3 Å². The number of hydrogen-bond acceptors (Lipinski definition) is 5. The van der Waals surface area contributed by atoms with E-state index in [1.54, 1.807) is 48.5 Å². The highest BCUT2D eigenvalue weighted by molar-refractivity contribution is 6.30. The number of nitrogens with one attached hydrogen (secondary N) is 1. The molecule has 1 aliphatic heterocycles. The van der Waals surface area contributed by atoms with Crippen molar-refractivity contribution in [3.8, 4) is 5.75 Å². The molecule has 0 spiro atoms. The van der Waals surface area contributed by atoms with Gasteiger partial charge >= 0.3 is 5.97 Å². The summed E-state index contributed by atoms with van der Waals surface area (Å²) in [5.74, 6) is -0.758. The van der Waals surface area contributed by atoms with Crippen molar-refractivity contribution in [1.29, 1.82) is 0 Å². The fraction of sp³-hybridized carbons (Fsp3) is 0.190. The van der Waals surface area contributed by atoms with Gasteiger partial charge in [-0.3, -0.25) is 9.59 Å². The zero-order chi connectivity index (χ0) is 20.3. The van der Waals surface area contributed by atoms with E-state index in [-0.39, 0.29) is 18.0 Å². The summed E-state index contributed by atoms with van der Waals surface area (Å²) in [6.45, 7) is 2.90. The number of esters is 1.